The number of ether oxygens (including phenoxy) is 1. The third-order valence-electron chi connectivity index (χ3n) is 1.94. The summed E-state index contributed by atoms with van der Waals surface area (Å²) in [6.45, 7) is 5.15. The van der Waals surface area contributed by atoms with Crippen molar-refractivity contribution >= 4 is 28.7 Å². The molecule has 1 N–H and O–H groups in total. The summed E-state index contributed by atoms with van der Waals surface area (Å²) in [5, 5.41) is 2.42. The van der Waals surface area contributed by atoms with Gasteiger partial charge in [0.25, 0.3) is 0 Å². The fraction of sp³-hybridized carbons (Fsp3) is 0.417. The molecule has 0 spiro atoms. The van der Waals surface area contributed by atoms with Crippen LogP contribution in [-0.2, 0) is 11.3 Å². The van der Waals surface area contributed by atoms with Crippen LogP contribution >= 0.6 is 22.6 Å². The molecule has 0 unspecified atom stereocenters. The van der Waals surface area contributed by atoms with Crippen LogP contribution in [0.15, 0.2) is 12.1 Å². The van der Waals surface area contributed by atoms with Gasteiger partial charge in [-0.1, -0.05) is 6.07 Å². The molecule has 0 aliphatic carbocycles. The number of halogens is 3. The second-order valence-electron chi connectivity index (χ2n) is 4.69. The molecule has 0 fully saturated rings. The second kappa shape index (κ2) is 5.81. The minimum atomic E-state index is -0.661. The van der Waals surface area contributed by atoms with Gasteiger partial charge in [0.2, 0.25) is 0 Å². The molecule has 0 heterocycles. The fourth-order valence-corrected chi connectivity index (χ4v) is 1.71. The summed E-state index contributed by atoms with van der Waals surface area (Å²) < 4.78 is 31.6. The van der Waals surface area contributed by atoms with Crippen LogP contribution in [0.25, 0.3) is 0 Å². The largest absolute Gasteiger partial charge is 0.444 e. The number of alkyl carbamates (subject to hydrolysis) is 1. The van der Waals surface area contributed by atoms with Crippen LogP contribution in [0.1, 0.15) is 26.3 Å². The normalized spacial score (nSPS) is 11.2. The predicted octanol–water partition coefficient (Wildman–Crippen LogP) is 3.59. The Hall–Kier alpha value is -0.920. The average Bonchev–Trinajstić information content (AvgIpc) is 2.22. The average molecular weight is 369 g/mol. The molecule has 0 saturated carbocycles. The van der Waals surface area contributed by atoms with Crippen molar-refractivity contribution in [2.24, 2.45) is 0 Å². The standard InChI is InChI=1S/C12H14F2INO2/c1-12(2,3)18-11(17)16-6-7-4-5-8(13)10(15)9(7)14/h4-5H,6H2,1-3H3,(H,16,17). The van der Waals surface area contributed by atoms with Gasteiger partial charge < -0.3 is 10.1 Å². The molecule has 1 aromatic rings. The highest BCUT2D eigenvalue weighted by Gasteiger charge is 2.17. The summed E-state index contributed by atoms with van der Waals surface area (Å²) in [6, 6.07) is 2.46. The van der Waals surface area contributed by atoms with Gasteiger partial charge in [-0.15, -0.1) is 0 Å². The Morgan fingerprint density at radius 1 is 1.39 bits per heavy atom. The summed E-state index contributed by atoms with van der Waals surface area (Å²) in [7, 11) is 0. The van der Waals surface area contributed by atoms with Crippen molar-refractivity contribution in [1.82, 2.24) is 5.32 Å². The third-order valence-corrected chi connectivity index (χ3v) is 2.93. The summed E-state index contributed by atoms with van der Waals surface area (Å²) >= 11 is 1.58. The van der Waals surface area contributed by atoms with E-state index < -0.39 is 23.3 Å². The smallest absolute Gasteiger partial charge is 0.407 e. The summed E-state index contributed by atoms with van der Waals surface area (Å²) in [5.41, 5.74) is -0.397. The Morgan fingerprint density at radius 2 is 2.00 bits per heavy atom. The topological polar surface area (TPSA) is 38.3 Å². The molecule has 0 atom stereocenters. The van der Waals surface area contributed by atoms with Gasteiger partial charge in [-0.25, -0.2) is 13.6 Å². The number of hydrogen-bond donors (Lipinski definition) is 1. The first-order valence-electron chi connectivity index (χ1n) is 5.30. The monoisotopic (exact) mass is 369 g/mol. The van der Waals surface area contributed by atoms with E-state index in [1.807, 2.05) is 0 Å². The van der Waals surface area contributed by atoms with Crippen molar-refractivity contribution in [3.63, 3.8) is 0 Å². The maximum Gasteiger partial charge on any atom is 0.407 e. The van der Waals surface area contributed by atoms with E-state index in [-0.39, 0.29) is 15.7 Å². The van der Waals surface area contributed by atoms with E-state index in [0.717, 1.165) is 6.07 Å². The zero-order valence-corrected chi connectivity index (χ0v) is 12.5. The van der Waals surface area contributed by atoms with Crippen molar-refractivity contribution in [2.75, 3.05) is 0 Å². The molecule has 1 amide bonds. The molecule has 18 heavy (non-hydrogen) atoms. The third kappa shape index (κ3) is 4.40. The Balaban J connectivity index is 2.65. The van der Waals surface area contributed by atoms with Crippen LogP contribution in [0.4, 0.5) is 13.6 Å². The lowest BCUT2D eigenvalue weighted by Crippen LogP contribution is -2.32. The number of carbonyl (C=O) groups excluding carboxylic acids is 1. The van der Waals surface area contributed by atoms with Gasteiger partial charge in [0, 0.05) is 12.1 Å². The minimum absolute atomic E-state index is 0.0446. The highest BCUT2D eigenvalue weighted by atomic mass is 127. The van der Waals surface area contributed by atoms with E-state index in [4.69, 9.17) is 4.74 Å². The first-order chi connectivity index (χ1) is 8.20. The van der Waals surface area contributed by atoms with Crippen LogP contribution in [0.2, 0.25) is 0 Å². The zero-order chi connectivity index (χ0) is 13.9. The quantitative estimate of drug-likeness (QED) is 0.639. The summed E-state index contributed by atoms with van der Waals surface area (Å²) in [5.74, 6) is -1.28. The molecule has 100 valence electrons. The first kappa shape index (κ1) is 15.1. The Kier molecular flexibility index (Phi) is 4.89. The van der Waals surface area contributed by atoms with E-state index in [0.29, 0.717) is 0 Å². The number of benzene rings is 1. The lowest BCUT2D eigenvalue weighted by Gasteiger charge is -2.19. The highest BCUT2D eigenvalue weighted by molar-refractivity contribution is 14.1. The Morgan fingerprint density at radius 3 is 2.56 bits per heavy atom. The van der Waals surface area contributed by atoms with Crippen LogP contribution in [0.3, 0.4) is 0 Å². The molecule has 0 bridgehead atoms. The highest BCUT2D eigenvalue weighted by Crippen LogP contribution is 2.18. The van der Waals surface area contributed by atoms with Crippen LogP contribution in [0, 0.1) is 15.2 Å². The number of rotatable bonds is 2. The van der Waals surface area contributed by atoms with Gasteiger partial charge in [0.15, 0.2) is 0 Å². The number of hydrogen-bond acceptors (Lipinski definition) is 2. The molecule has 0 radical (unpaired) electrons. The lowest BCUT2D eigenvalue weighted by atomic mass is 10.2. The lowest BCUT2D eigenvalue weighted by molar-refractivity contribution is 0.0523. The molecule has 0 aliphatic heterocycles. The molecular weight excluding hydrogens is 355 g/mol. The zero-order valence-electron chi connectivity index (χ0n) is 10.3. The van der Waals surface area contributed by atoms with E-state index >= 15 is 0 Å². The second-order valence-corrected chi connectivity index (χ2v) is 5.77. The van der Waals surface area contributed by atoms with Gasteiger partial charge in [-0.3, -0.25) is 0 Å². The molecule has 0 saturated heterocycles. The first-order valence-corrected chi connectivity index (χ1v) is 6.38. The summed E-state index contributed by atoms with van der Waals surface area (Å²) in [4.78, 5) is 11.4. The molecule has 1 rings (SSSR count). The van der Waals surface area contributed by atoms with Gasteiger partial charge >= 0.3 is 6.09 Å². The number of amides is 1. The fourth-order valence-electron chi connectivity index (χ4n) is 1.18. The van der Waals surface area contributed by atoms with Crippen molar-refractivity contribution in [3.8, 4) is 0 Å². The molecule has 6 heteroatoms. The van der Waals surface area contributed by atoms with E-state index in [2.05, 4.69) is 5.32 Å². The van der Waals surface area contributed by atoms with Crippen LogP contribution in [-0.4, -0.2) is 11.7 Å². The van der Waals surface area contributed by atoms with E-state index in [1.54, 1.807) is 43.4 Å². The summed E-state index contributed by atoms with van der Waals surface area (Å²) in [6.07, 6.45) is -0.638. The van der Waals surface area contributed by atoms with E-state index in [1.165, 1.54) is 6.07 Å². The van der Waals surface area contributed by atoms with Crippen molar-refractivity contribution < 1.29 is 18.3 Å². The van der Waals surface area contributed by atoms with Crippen molar-refractivity contribution in [2.45, 2.75) is 32.9 Å². The Labute approximate surface area is 118 Å². The van der Waals surface area contributed by atoms with Gasteiger partial charge in [-0.2, -0.15) is 0 Å². The molecule has 1 aromatic carbocycles. The van der Waals surface area contributed by atoms with Gasteiger partial charge in [0.05, 0.1) is 3.57 Å². The van der Waals surface area contributed by atoms with Crippen molar-refractivity contribution in [3.05, 3.63) is 32.9 Å². The maximum atomic E-state index is 13.6. The SMILES string of the molecule is CC(C)(C)OC(=O)NCc1ccc(F)c(I)c1F. The number of nitrogens with one attached hydrogen (secondary N) is 1. The van der Waals surface area contributed by atoms with Gasteiger partial charge in [-0.05, 0) is 49.4 Å². The van der Waals surface area contributed by atoms with E-state index in [9.17, 15) is 13.6 Å². The molecular formula is C12H14F2INO2. The Bertz CT molecular complexity index is 458. The molecule has 3 nitrogen and oxygen atoms in total. The van der Waals surface area contributed by atoms with Crippen LogP contribution < -0.4 is 5.32 Å². The van der Waals surface area contributed by atoms with Gasteiger partial charge in [0.1, 0.15) is 17.2 Å². The number of carbonyl (C=O) groups is 1. The van der Waals surface area contributed by atoms with Crippen molar-refractivity contribution in [1.29, 1.82) is 0 Å². The maximum absolute atomic E-state index is 13.6. The molecule has 0 aromatic heterocycles. The molecule has 0 aliphatic rings. The predicted molar refractivity (Wildman–Crippen MR) is 72.1 cm³/mol. The van der Waals surface area contributed by atoms with Crippen LogP contribution in [0.5, 0.6) is 0 Å². The minimum Gasteiger partial charge on any atom is -0.444 e.